The van der Waals surface area contributed by atoms with Crippen molar-refractivity contribution >= 4 is 17.4 Å². The first kappa shape index (κ1) is 15.9. The van der Waals surface area contributed by atoms with Crippen LogP contribution in [-0.2, 0) is 14.3 Å². The fourth-order valence-electron chi connectivity index (χ4n) is 2.82. The molecule has 116 valence electrons. The van der Waals surface area contributed by atoms with Crippen LogP contribution in [0.15, 0.2) is 35.9 Å². The van der Waals surface area contributed by atoms with E-state index in [4.69, 9.17) is 4.74 Å². The second-order valence-corrected chi connectivity index (χ2v) is 5.25. The molecule has 2 unspecified atom stereocenters. The lowest BCUT2D eigenvalue weighted by molar-refractivity contribution is -0.384. The Kier molecular flexibility index (Phi) is 4.70. The molecular weight excluding hydrogens is 286 g/mol. The van der Waals surface area contributed by atoms with Crippen LogP contribution in [0, 0.1) is 16.0 Å². The van der Waals surface area contributed by atoms with Gasteiger partial charge in [-0.15, -0.1) is 0 Å². The maximum atomic E-state index is 12.2. The summed E-state index contributed by atoms with van der Waals surface area (Å²) in [4.78, 5) is 34.5. The molecule has 0 heterocycles. The monoisotopic (exact) mass is 303 g/mol. The molecular formula is C16H17NO5. The minimum absolute atomic E-state index is 0.0558. The van der Waals surface area contributed by atoms with Crippen molar-refractivity contribution in [3.8, 4) is 0 Å². The summed E-state index contributed by atoms with van der Waals surface area (Å²) in [6, 6.07) is 6.07. The molecule has 0 aromatic heterocycles. The molecule has 1 aliphatic carbocycles. The van der Waals surface area contributed by atoms with Crippen molar-refractivity contribution in [1.82, 2.24) is 0 Å². The number of allylic oxidation sites excluding steroid dienone is 1. The Hall–Kier alpha value is -2.50. The van der Waals surface area contributed by atoms with Gasteiger partial charge in [0.1, 0.15) is 0 Å². The van der Waals surface area contributed by atoms with E-state index in [-0.39, 0.29) is 24.5 Å². The topological polar surface area (TPSA) is 86.5 Å². The summed E-state index contributed by atoms with van der Waals surface area (Å²) in [6.45, 7) is 3.68. The summed E-state index contributed by atoms with van der Waals surface area (Å²) in [6.07, 6.45) is 1.59. The average molecular weight is 303 g/mol. The number of hydrogen-bond donors (Lipinski definition) is 0. The largest absolute Gasteiger partial charge is 0.466 e. The predicted octanol–water partition coefficient (Wildman–Crippen LogP) is 2.78. The van der Waals surface area contributed by atoms with Crippen LogP contribution in [0.3, 0.4) is 0 Å². The van der Waals surface area contributed by atoms with Gasteiger partial charge >= 0.3 is 5.97 Å². The number of ether oxygens (including phenoxy) is 1. The fourth-order valence-corrected chi connectivity index (χ4v) is 2.82. The minimum atomic E-state index is -0.584. The number of nitro groups is 1. The Morgan fingerprint density at radius 2 is 2.18 bits per heavy atom. The normalized spacial score (nSPS) is 21.2. The molecule has 1 aromatic carbocycles. The van der Waals surface area contributed by atoms with Gasteiger partial charge in [0.2, 0.25) is 0 Å². The van der Waals surface area contributed by atoms with Crippen molar-refractivity contribution in [2.45, 2.75) is 26.2 Å². The summed E-state index contributed by atoms with van der Waals surface area (Å²) in [5, 5.41) is 10.9. The maximum Gasteiger partial charge on any atom is 0.313 e. The molecule has 0 saturated heterocycles. The average Bonchev–Trinajstić information content (AvgIpc) is 2.46. The third kappa shape index (κ3) is 3.21. The Morgan fingerprint density at radius 3 is 2.82 bits per heavy atom. The quantitative estimate of drug-likeness (QED) is 0.485. The molecule has 0 fully saturated rings. The van der Waals surface area contributed by atoms with E-state index in [1.54, 1.807) is 26.0 Å². The number of carbonyl (C=O) groups is 2. The highest BCUT2D eigenvalue weighted by molar-refractivity contribution is 5.95. The zero-order chi connectivity index (χ0) is 16.3. The van der Waals surface area contributed by atoms with E-state index in [0.29, 0.717) is 11.1 Å². The van der Waals surface area contributed by atoms with E-state index in [1.165, 1.54) is 18.2 Å². The fraction of sp³-hybridized carbons (Fsp3) is 0.375. The SMILES string of the molecule is CCOC(=O)C1C(C)=CC(=O)CC1c1cccc([N+](=O)[O-])c1. The molecule has 0 aliphatic heterocycles. The van der Waals surface area contributed by atoms with Crippen LogP contribution >= 0.6 is 0 Å². The van der Waals surface area contributed by atoms with Gasteiger partial charge < -0.3 is 4.74 Å². The molecule has 0 N–H and O–H groups in total. The molecule has 0 bridgehead atoms. The van der Waals surface area contributed by atoms with Crippen molar-refractivity contribution in [2.75, 3.05) is 6.61 Å². The van der Waals surface area contributed by atoms with Crippen LogP contribution in [-0.4, -0.2) is 23.3 Å². The Labute approximate surface area is 127 Å². The number of ketones is 1. The first-order chi connectivity index (χ1) is 10.4. The number of benzene rings is 1. The lowest BCUT2D eigenvalue weighted by Crippen LogP contribution is -2.30. The highest BCUT2D eigenvalue weighted by Crippen LogP contribution is 2.38. The van der Waals surface area contributed by atoms with Gasteiger partial charge in [-0.2, -0.15) is 0 Å². The maximum absolute atomic E-state index is 12.2. The highest BCUT2D eigenvalue weighted by Gasteiger charge is 2.37. The van der Waals surface area contributed by atoms with E-state index in [9.17, 15) is 19.7 Å². The molecule has 6 nitrogen and oxygen atoms in total. The molecule has 22 heavy (non-hydrogen) atoms. The van der Waals surface area contributed by atoms with Gasteiger partial charge in [0.05, 0.1) is 17.4 Å². The third-order valence-corrected chi connectivity index (χ3v) is 3.75. The minimum Gasteiger partial charge on any atom is -0.466 e. The zero-order valence-corrected chi connectivity index (χ0v) is 12.4. The number of carbonyl (C=O) groups excluding carboxylic acids is 2. The van der Waals surface area contributed by atoms with Crippen LogP contribution in [0.25, 0.3) is 0 Å². The molecule has 1 aliphatic rings. The van der Waals surface area contributed by atoms with Gasteiger partial charge in [-0.25, -0.2) is 0 Å². The lowest BCUT2D eigenvalue weighted by atomic mass is 9.74. The summed E-state index contributed by atoms with van der Waals surface area (Å²) in [7, 11) is 0. The standard InChI is InChI=1S/C16H17NO5/c1-3-22-16(19)15-10(2)7-13(18)9-14(15)11-5-4-6-12(8-11)17(20)21/h4-8,14-15H,3,9H2,1-2H3. The molecule has 6 heteroatoms. The molecule has 2 atom stereocenters. The molecule has 1 aromatic rings. The van der Waals surface area contributed by atoms with Crippen LogP contribution in [0.4, 0.5) is 5.69 Å². The number of esters is 1. The second-order valence-electron chi connectivity index (χ2n) is 5.25. The van der Waals surface area contributed by atoms with Crippen molar-refractivity contribution < 1.29 is 19.2 Å². The number of hydrogen-bond acceptors (Lipinski definition) is 5. The Bertz CT molecular complexity index is 650. The summed E-state index contributed by atoms with van der Waals surface area (Å²) in [5.74, 6) is -1.51. The van der Waals surface area contributed by atoms with Crippen molar-refractivity contribution in [2.24, 2.45) is 5.92 Å². The first-order valence-corrected chi connectivity index (χ1v) is 7.06. The number of rotatable bonds is 4. The molecule has 0 amide bonds. The summed E-state index contributed by atoms with van der Waals surface area (Å²) < 4.78 is 5.09. The van der Waals surface area contributed by atoms with E-state index in [1.807, 2.05) is 0 Å². The van der Waals surface area contributed by atoms with Crippen LogP contribution in [0.1, 0.15) is 31.7 Å². The smallest absolute Gasteiger partial charge is 0.313 e. The predicted molar refractivity (Wildman–Crippen MR) is 79.3 cm³/mol. The zero-order valence-electron chi connectivity index (χ0n) is 12.4. The van der Waals surface area contributed by atoms with Crippen LogP contribution < -0.4 is 0 Å². The van der Waals surface area contributed by atoms with E-state index >= 15 is 0 Å². The van der Waals surface area contributed by atoms with Crippen molar-refractivity contribution in [3.05, 3.63) is 51.6 Å². The first-order valence-electron chi connectivity index (χ1n) is 7.06. The molecule has 0 spiro atoms. The van der Waals surface area contributed by atoms with Crippen molar-refractivity contribution in [1.29, 1.82) is 0 Å². The van der Waals surface area contributed by atoms with Gasteiger partial charge in [-0.3, -0.25) is 19.7 Å². The molecule has 0 radical (unpaired) electrons. The van der Waals surface area contributed by atoms with Gasteiger partial charge in [-0.1, -0.05) is 17.7 Å². The van der Waals surface area contributed by atoms with Crippen molar-refractivity contribution in [3.63, 3.8) is 0 Å². The number of nitrogens with zero attached hydrogens (tertiary/aromatic N) is 1. The van der Waals surface area contributed by atoms with Gasteiger partial charge in [-0.05, 0) is 25.5 Å². The third-order valence-electron chi connectivity index (χ3n) is 3.75. The molecule has 2 rings (SSSR count). The Balaban J connectivity index is 2.43. The Morgan fingerprint density at radius 1 is 1.45 bits per heavy atom. The summed E-state index contributed by atoms with van der Waals surface area (Å²) >= 11 is 0. The highest BCUT2D eigenvalue weighted by atomic mass is 16.6. The van der Waals surface area contributed by atoms with E-state index in [2.05, 4.69) is 0 Å². The second kappa shape index (κ2) is 6.51. The molecule has 0 saturated carbocycles. The number of nitro benzene ring substituents is 1. The summed E-state index contributed by atoms with van der Waals surface area (Å²) in [5.41, 5.74) is 1.18. The van der Waals surface area contributed by atoms with Gasteiger partial charge in [0.15, 0.2) is 5.78 Å². The van der Waals surface area contributed by atoms with Gasteiger partial charge in [0, 0.05) is 24.5 Å². The van der Waals surface area contributed by atoms with Gasteiger partial charge in [0.25, 0.3) is 5.69 Å². The lowest BCUT2D eigenvalue weighted by Gasteiger charge is -2.29. The number of non-ortho nitro benzene ring substituents is 1. The van der Waals surface area contributed by atoms with Crippen LogP contribution in [0.5, 0.6) is 0 Å². The van der Waals surface area contributed by atoms with E-state index < -0.39 is 22.7 Å². The van der Waals surface area contributed by atoms with Crippen LogP contribution in [0.2, 0.25) is 0 Å². The van der Waals surface area contributed by atoms with E-state index in [0.717, 1.165) is 0 Å².